The molecule has 0 heterocycles. The molecule has 0 aliphatic rings. The van der Waals surface area contributed by atoms with Crippen molar-refractivity contribution in [1.29, 1.82) is 0 Å². The average Bonchev–Trinajstić information content (AvgIpc) is 2.84. The Balaban J connectivity index is 1.86. The topological polar surface area (TPSA) is 125 Å². The van der Waals surface area contributed by atoms with Gasteiger partial charge in [-0.05, 0) is 41.0 Å². The highest BCUT2D eigenvalue weighted by atomic mass is 32.3. The second-order valence-corrected chi connectivity index (χ2v) is 9.81. The Kier molecular flexibility index (Phi) is 9.05. The van der Waals surface area contributed by atoms with Gasteiger partial charge in [-0.25, -0.2) is 0 Å². The molecule has 1 amide bonds. The van der Waals surface area contributed by atoms with Crippen molar-refractivity contribution in [1.82, 2.24) is 5.32 Å². The van der Waals surface area contributed by atoms with E-state index in [0.717, 1.165) is 16.7 Å². The number of rotatable bonds is 11. The molecule has 0 atom stereocenters. The first kappa shape index (κ1) is 28.6. The van der Waals surface area contributed by atoms with Crippen LogP contribution in [0.1, 0.15) is 32.8 Å². The zero-order valence-electron chi connectivity index (χ0n) is 21.2. The number of aryl methyl sites for hydroxylation is 1. The van der Waals surface area contributed by atoms with E-state index in [4.69, 9.17) is 9.47 Å². The Morgan fingerprint density at radius 1 is 0.842 bits per heavy atom. The third kappa shape index (κ3) is 8.01. The van der Waals surface area contributed by atoms with E-state index in [1.54, 1.807) is 24.3 Å². The average molecular weight is 546 g/mol. The molecule has 0 spiro atoms. The molecular weight excluding hydrogens is 517 g/mol. The normalized spacial score (nSPS) is 11.6. The molecule has 3 rings (SSSR count). The van der Waals surface area contributed by atoms with Gasteiger partial charge in [0.15, 0.2) is 5.75 Å². The van der Waals surface area contributed by atoms with Gasteiger partial charge in [-0.1, -0.05) is 58.5 Å². The summed E-state index contributed by atoms with van der Waals surface area (Å²) in [4.78, 5) is 34.8. The Bertz CT molecular complexity index is 1420. The van der Waals surface area contributed by atoms with E-state index in [9.17, 15) is 26.7 Å². The fourth-order valence-corrected chi connectivity index (χ4v) is 4.48. The minimum absolute atomic E-state index is 0.113. The van der Waals surface area contributed by atoms with E-state index in [1.807, 2.05) is 30.3 Å². The Morgan fingerprint density at radius 2 is 1.42 bits per heavy atom. The highest BCUT2D eigenvalue weighted by Crippen LogP contribution is 2.34. The smallest absolute Gasteiger partial charge is 0.463 e. The van der Waals surface area contributed by atoms with Crippen molar-refractivity contribution in [2.75, 3.05) is 13.2 Å². The summed E-state index contributed by atoms with van der Waals surface area (Å²) in [6, 6.07) is 17.5. The summed E-state index contributed by atoms with van der Waals surface area (Å²) >= 11 is 0. The summed E-state index contributed by atoms with van der Waals surface area (Å²) < 4.78 is 50.0. The molecule has 0 aliphatic carbocycles. The van der Waals surface area contributed by atoms with Crippen LogP contribution in [0.5, 0.6) is 5.75 Å². The minimum Gasteiger partial charge on any atom is -0.463 e. The third-order valence-corrected chi connectivity index (χ3v) is 6.15. The van der Waals surface area contributed by atoms with Crippen molar-refractivity contribution in [2.24, 2.45) is 0 Å². The molecule has 11 heteroatoms. The molecule has 0 aliphatic heterocycles. The van der Waals surface area contributed by atoms with E-state index in [0.29, 0.717) is 23.6 Å². The van der Waals surface area contributed by atoms with E-state index >= 15 is 0 Å². The van der Waals surface area contributed by atoms with Crippen LogP contribution in [0.4, 0.5) is 3.89 Å². The van der Waals surface area contributed by atoms with Crippen molar-refractivity contribution in [3.05, 3.63) is 66.2 Å². The molecule has 0 saturated heterocycles. The number of benzene rings is 3. The molecule has 3 aromatic carbocycles. The van der Waals surface area contributed by atoms with Crippen molar-refractivity contribution in [2.45, 2.75) is 39.2 Å². The summed E-state index contributed by atoms with van der Waals surface area (Å²) in [7, 11) is -5.18. The number of fused-ring (bicyclic) bond motifs is 1. The number of carbonyl (C=O) groups is 3. The molecule has 0 fully saturated rings. The number of esters is 2. The lowest BCUT2D eigenvalue weighted by Gasteiger charge is -2.33. The summed E-state index contributed by atoms with van der Waals surface area (Å²) in [5.41, 5.74) is 1.41. The first-order chi connectivity index (χ1) is 17.9. The van der Waals surface area contributed by atoms with Crippen LogP contribution in [-0.2, 0) is 40.8 Å². The first-order valence-corrected chi connectivity index (χ1v) is 13.0. The zero-order valence-corrected chi connectivity index (χ0v) is 22.0. The van der Waals surface area contributed by atoms with Crippen molar-refractivity contribution < 1.29 is 40.3 Å². The Labute approximate surface area is 220 Å². The second kappa shape index (κ2) is 12.0. The molecule has 202 valence electrons. The second-order valence-electron chi connectivity index (χ2n) is 8.85. The predicted molar refractivity (Wildman–Crippen MR) is 138 cm³/mol. The van der Waals surface area contributed by atoms with Gasteiger partial charge >= 0.3 is 22.4 Å². The molecule has 9 nitrogen and oxygen atoms in total. The summed E-state index contributed by atoms with van der Waals surface area (Å²) in [5.74, 6) is -1.53. The molecule has 0 bridgehead atoms. The Hall–Kier alpha value is -3.99. The molecule has 0 saturated carbocycles. The number of amides is 1. The van der Waals surface area contributed by atoms with Crippen LogP contribution in [0.3, 0.4) is 0 Å². The predicted octanol–water partition coefficient (Wildman–Crippen LogP) is 4.03. The zero-order chi connectivity index (χ0) is 27.9. The Morgan fingerprint density at radius 3 is 1.97 bits per heavy atom. The van der Waals surface area contributed by atoms with E-state index in [2.05, 4.69) is 9.50 Å². The van der Waals surface area contributed by atoms with E-state index < -0.39 is 28.0 Å². The van der Waals surface area contributed by atoms with Crippen LogP contribution >= 0.6 is 0 Å². The van der Waals surface area contributed by atoms with E-state index in [1.165, 1.54) is 26.8 Å². The molecular formula is C27H28FNO8S. The monoisotopic (exact) mass is 545 g/mol. The lowest BCUT2D eigenvalue weighted by Crippen LogP contribution is -2.55. The van der Waals surface area contributed by atoms with Crippen LogP contribution in [0, 0.1) is 0 Å². The summed E-state index contributed by atoms with van der Waals surface area (Å²) in [6.45, 7) is 3.50. The van der Waals surface area contributed by atoms with Crippen molar-refractivity contribution >= 4 is 39.1 Å². The van der Waals surface area contributed by atoms with Gasteiger partial charge < -0.3 is 19.0 Å². The number of carbonyl (C=O) groups excluding carboxylic acids is 3. The molecule has 0 aromatic heterocycles. The lowest BCUT2D eigenvalue weighted by molar-refractivity contribution is -0.150. The highest BCUT2D eigenvalue weighted by molar-refractivity contribution is 7.81. The number of hydrogen-bond acceptors (Lipinski definition) is 8. The first-order valence-electron chi connectivity index (χ1n) is 11.7. The maximum absolute atomic E-state index is 13.2. The van der Waals surface area contributed by atoms with Crippen LogP contribution in [0.2, 0.25) is 0 Å². The third-order valence-electron chi connectivity index (χ3n) is 5.77. The van der Waals surface area contributed by atoms with Gasteiger partial charge in [-0.15, -0.1) is 0 Å². The van der Waals surface area contributed by atoms with Crippen molar-refractivity contribution in [3.63, 3.8) is 0 Å². The molecule has 3 aromatic rings. The van der Waals surface area contributed by atoms with Crippen molar-refractivity contribution in [3.8, 4) is 16.9 Å². The maximum Gasteiger partial charge on any atom is 0.488 e. The van der Waals surface area contributed by atoms with Gasteiger partial charge in [-0.3, -0.25) is 14.4 Å². The largest absolute Gasteiger partial charge is 0.488 e. The number of halogens is 1. The molecule has 0 unspecified atom stereocenters. The minimum atomic E-state index is -5.18. The fraction of sp³-hybridized carbons (Fsp3) is 0.296. The fourth-order valence-electron chi connectivity index (χ4n) is 4.12. The van der Waals surface area contributed by atoms with Gasteiger partial charge in [0, 0.05) is 26.2 Å². The molecule has 1 N–H and O–H groups in total. The molecule has 0 radical (unpaired) electrons. The molecule has 38 heavy (non-hydrogen) atoms. The maximum atomic E-state index is 13.2. The van der Waals surface area contributed by atoms with E-state index in [-0.39, 0.29) is 24.9 Å². The highest BCUT2D eigenvalue weighted by Gasteiger charge is 2.34. The SMILES string of the molecule is CC(=O)NC(CCc1ccc(-c2cccc3c(OS(=O)(=O)F)cccc23)cc1)(COC(C)=O)COC(C)=O. The van der Waals surface area contributed by atoms with Gasteiger partial charge in [0.25, 0.3) is 0 Å². The van der Waals surface area contributed by atoms with Gasteiger partial charge in [0.1, 0.15) is 18.8 Å². The van der Waals surface area contributed by atoms with Crippen LogP contribution < -0.4 is 9.50 Å². The summed E-state index contributed by atoms with van der Waals surface area (Å²) in [6.07, 6.45) is 0.782. The number of ether oxygens (including phenoxy) is 2. The van der Waals surface area contributed by atoms with Gasteiger partial charge in [0.2, 0.25) is 5.91 Å². The number of nitrogens with one attached hydrogen (secondary N) is 1. The van der Waals surface area contributed by atoms with Crippen LogP contribution in [0.15, 0.2) is 60.7 Å². The standard InChI is InChI=1S/C27H28FNO8S/c1-18(30)29-27(16-35-19(2)31,17-36-20(3)32)15-14-21-10-12-22(13-11-21)23-6-4-8-25-24(23)7-5-9-26(25)37-38(28,33)34/h4-13H,14-17H2,1-3H3,(H,29,30). The van der Waals surface area contributed by atoms with Gasteiger partial charge in [0.05, 0.1) is 0 Å². The van der Waals surface area contributed by atoms with Crippen LogP contribution in [-0.4, -0.2) is 45.0 Å². The van der Waals surface area contributed by atoms with Crippen LogP contribution in [0.25, 0.3) is 21.9 Å². The summed E-state index contributed by atoms with van der Waals surface area (Å²) in [5, 5.41) is 3.89. The van der Waals surface area contributed by atoms with Gasteiger partial charge in [-0.2, -0.15) is 8.42 Å². The quantitative estimate of drug-likeness (QED) is 0.283. The lowest BCUT2D eigenvalue weighted by atomic mass is 9.91. The number of hydrogen-bond donors (Lipinski definition) is 1.